The molecule has 1 heterocycles. The van der Waals surface area contributed by atoms with Crippen molar-refractivity contribution in [1.82, 2.24) is 10.3 Å². The molecule has 0 radical (unpaired) electrons. The van der Waals surface area contributed by atoms with Gasteiger partial charge in [-0.25, -0.2) is 4.98 Å². The number of carbonyl (C=O) groups excluding carboxylic acids is 1. The highest BCUT2D eigenvalue weighted by atomic mass is 35.5. The summed E-state index contributed by atoms with van der Waals surface area (Å²) in [4.78, 5) is 15.7. The fraction of sp³-hybridized carbons (Fsp3) is 0.231. The molecule has 2 rings (SSSR count). The molecule has 2 N–H and O–H groups in total. The van der Waals surface area contributed by atoms with E-state index in [2.05, 4.69) is 15.6 Å². The van der Waals surface area contributed by atoms with Gasteiger partial charge in [-0.2, -0.15) is 0 Å². The van der Waals surface area contributed by atoms with Crippen molar-refractivity contribution in [3.05, 3.63) is 45.4 Å². The van der Waals surface area contributed by atoms with Crippen LogP contribution in [-0.2, 0) is 4.79 Å². The Kier molecular flexibility index (Phi) is 5.37. The van der Waals surface area contributed by atoms with Crippen molar-refractivity contribution in [1.29, 1.82) is 0 Å². The Morgan fingerprint density at radius 2 is 2.25 bits per heavy atom. The fourth-order valence-electron chi connectivity index (χ4n) is 1.66. The number of benzene rings is 1. The first-order chi connectivity index (χ1) is 9.56. The quantitative estimate of drug-likeness (QED) is 0.878. The highest BCUT2D eigenvalue weighted by molar-refractivity contribution is 7.13. The van der Waals surface area contributed by atoms with E-state index in [-0.39, 0.29) is 18.5 Å². The van der Waals surface area contributed by atoms with Crippen molar-refractivity contribution in [2.24, 2.45) is 0 Å². The van der Waals surface area contributed by atoms with E-state index >= 15 is 0 Å². The lowest BCUT2D eigenvalue weighted by molar-refractivity contribution is -0.115. The Hall–Kier alpha value is -1.14. The Bertz CT molecular complexity index is 589. The molecule has 0 fully saturated rings. The predicted molar refractivity (Wildman–Crippen MR) is 83.6 cm³/mol. The van der Waals surface area contributed by atoms with Gasteiger partial charge in [-0.15, -0.1) is 11.3 Å². The maximum Gasteiger partial charge on any atom is 0.240 e. The number of rotatable bonds is 5. The van der Waals surface area contributed by atoms with Crippen molar-refractivity contribution in [2.75, 3.05) is 11.9 Å². The Morgan fingerprint density at radius 1 is 1.45 bits per heavy atom. The van der Waals surface area contributed by atoms with Crippen LogP contribution in [0.4, 0.5) is 5.13 Å². The van der Waals surface area contributed by atoms with Gasteiger partial charge in [0.2, 0.25) is 5.91 Å². The zero-order valence-electron chi connectivity index (χ0n) is 10.7. The van der Waals surface area contributed by atoms with Gasteiger partial charge in [0.1, 0.15) is 0 Å². The number of nitrogens with one attached hydrogen (secondary N) is 2. The maximum atomic E-state index is 11.7. The van der Waals surface area contributed by atoms with E-state index in [1.54, 1.807) is 23.7 Å². The normalized spacial score (nSPS) is 12.2. The average molecular weight is 330 g/mol. The van der Waals surface area contributed by atoms with Crippen molar-refractivity contribution in [3.63, 3.8) is 0 Å². The van der Waals surface area contributed by atoms with Crippen LogP contribution in [0, 0.1) is 0 Å². The number of nitrogens with zero attached hydrogens (tertiary/aromatic N) is 1. The third-order valence-electron chi connectivity index (χ3n) is 2.68. The minimum atomic E-state index is -0.142. The zero-order valence-corrected chi connectivity index (χ0v) is 13.0. The molecule has 1 amide bonds. The standard InChI is InChI=1S/C13H13Cl2N3OS/c1-8(10-3-2-9(14)6-11(10)15)17-7-12(19)18-13-16-4-5-20-13/h2-6,8,17H,7H2,1H3,(H,16,18,19). The molecule has 106 valence electrons. The summed E-state index contributed by atoms with van der Waals surface area (Å²) in [5.74, 6) is -0.142. The van der Waals surface area contributed by atoms with Gasteiger partial charge in [0, 0.05) is 27.7 Å². The van der Waals surface area contributed by atoms with Crippen LogP contribution < -0.4 is 10.6 Å². The molecule has 0 saturated heterocycles. The monoisotopic (exact) mass is 329 g/mol. The van der Waals surface area contributed by atoms with Crippen LogP contribution in [0.15, 0.2) is 29.8 Å². The van der Waals surface area contributed by atoms with Gasteiger partial charge in [0.15, 0.2) is 5.13 Å². The van der Waals surface area contributed by atoms with Crippen LogP contribution >= 0.6 is 34.5 Å². The van der Waals surface area contributed by atoms with Crippen LogP contribution in [0.25, 0.3) is 0 Å². The maximum absolute atomic E-state index is 11.7. The van der Waals surface area contributed by atoms with E-state index in [9.17, 15) is 4.79 Å². The second-order valence-electron chi connectivity index (χ2n) is 4.15. The summed E-state index contributed by atoms with van der Waals surface area (Å²) in [7, 11) is 0. The predicted octanol–water partition coefficient (Wildman–Crippen LogP) is 3.74. The van der Waals surface area contributed by atoms with Crippen LogP contribution in [0.2, 0.25) is 10.0 Å². The largest absolute Gasteiger partial charge is 0.302 e. The number of aromatic nitrogens is 1. The fourth-order valence-corrected chi connectivity index (χ4v) is 2.77. The second kappa shape index (κ2) is 7.04. The molecule has 0 aliphatic heterocycles. The second-order valence-corrected chi connectivity index (χ2v) is 5.89. The van der Waals surface area contributed by atoms with Gasteiger partial charge in [0.05, 0.1) is 6.54 Å². The number of hydrogen-bond acceptors (Lipinski definition) is 4. The number of anilines is 1. The summed E-state index contributed by atoms with van der Waals surface area (Å²) < 4.78 is 0. The van der Waals surface area contributed by atoms with Gasteiger partial charge in [-0.1, -0.05) is 29.3 Å². The van der Waals surface area contributed by atoms with Crippen LogP contribution in [0.5, 0.6) is 0 Å². The molecule has 0 spiro atoms. The van der Waals surface area contributed by atoms with Crippen LogP contribution in [0.1, 0.15) is 18.5 Å². The first kappa shape index (κ1) is 15.3. The van der Waals surface area contributed by atoms with Crippen LogP contribution in [-0.4, -0.2) is 17.4 Å². The zero-order chi connectivity index (χ0) is 14.5. The summed E-state index contributed by atoms with van der Waals surface area (Å²) in [6.07, 6.45) is 1.64. The Labute approximate surface area is 131 Å². The molecule has 1 unspecified atom stereocenters. The van der Waals surface area contributed by atoms with Crippen molar-refractivity contribution in [3.8, 4) is 0 Å². The minimum Gasteiger partial charge on any atom is -0.302 e. The van der Waals surface area contributed by atoms with E-state index in [0.29, 0.717) is 15.2 Å². The molecule has 1 atom stereocenters. The van der Waals surface area contributed by atoms with E-state index in [1.165, 1.54) is 11.3 Å². The van der Waals surface area contributed by atoms with Crippen LogP contribution in [0.3, 0.4) is 0 Å². The van der Waals surface area contributed by atoms with E-state index in [0.717, 1.165) is 5.56 Å². The average Bonchev–Trinajstić information content (AvgIpc) is 2.89. The van der Waals surface area contributed by atoms with E-state index in [1.807, 2.05) is 13.0 Å². The molecule has 2 aromatic rings. The molecule has 1 aromatic heterocycles. The van der Waals surface area contributed by atoms with Crippen molar-refractivity contribution >= 4 is 45.6 Å². The summed E-state index contributed by atoms with van der Waals surface area (Å²) in [5.41, 5.74) is 0.901. The molecule has 7 heteroatoms. The van der Waals surface area contributed by atoms with E-state index < -0.39 is 0 Å². The van der Waals surface area contributed by atoms with Crippen molar-refractivity contribution in [2.45, 2.75) is 13.0 Å². The molecule has 1 aromatic carbocycles. The van der Waals surface area contributed by atoms with Gasteiger partial charge in [-0.3, -0.25) is 4.79 Å². The van der Waals surface area contributed by atoms with Gasteiger partial charge >= 0.3 is 0 Å². The molecular weight excluding hydrogens is 317 g/mol. The molecule has 20 heavy (non-hydrogen) atoms. The van der Waals surface area contributed by atoms with Gasteiger partial charge < -0.3 is 10.6 Å². The first-order valence-electron chi connectivity index (χ1n) is 5.94. The molecule has 0 aliphatic carbocycles. The topological polar surface area (TPSA) is 54.0 Å². The highest BCUT2D eigenvalue weighted by Gasteiger charge is 2.11. The minimum absolute atomic E-state index is 0.0539. The third kappa shape index (κ3) is 4.18. The first-order valence-corrected chi connectivity index (χ1v) is 7.57. The number of thiazole rings is 1. The van der Waals surface area contributed by atoms with E-state index in [4.69, 9.17) is 23.2 Å². The number of carbonyl (C=O) groups is 1. The summed E-state index contributed by atoms with van der Waals surface area (Å²) in [5, 5.41) is 9.38. The molecule has 0 saturated carbocycles. The third-order valence-corrected chi connectivity index (χ3v) is 3.93. The smallest absolute Gasteiger partial charge is 0.240 e. The van der Waals surface area contributed by atoms with Gasteiger partial charge in [0.25, 0.3) is 0 Å². The summed E-state index contributed by atoms with van der Waals surface area (Å²) >= 11 is 13.4. The lowest BCUT2D eigenvalue weighted by Crippen LogP contribution is -2.30. The number of halogens is 2. The van der Waals surface area contributed by atoms with Crippen molar-refractivity contribution < 1.29 is 4.79 Å². The molecule has 4 nitrogen and oxygen atoms in total. The summed E-state index contributed by atoms with van der Waals surface area (Å²) in [6, 6.07) is 5.26. The van der Waals surface area contributed by atoms with Gasteiger partial charge in [-0.05, 0) is 24.6 Å². The Morgan fingerprint density at radius 3 is 2.90 bits per heavy atom. The lowest BCUT2D eigenvalue weighted by atomic mass is 10.1. The molecule has 0 bridgehead atoms. The SMILES string of the molecule is CC(NCC(=O)Nc1nccs1)c1ccc(Cl)cc1Cl. The number of amides is 1. The summed E-state index contributed by atoms with van der Waals surface area (Å²) in [6.45, 7) is 2.12. The highest BCUT2D eigenvalue weighted by Crippen LogP contribution is 2.25. The Balaban J connectivity index is 1.88. The molecule has 0 aliphatic rings. The lowest BCUT2D eigenvalue weighted by Gasteiger charge is -2.15. The molecular formula is C13H13Cl2N3OS. The number of hydrogen-bond donors (Lipinski definition) is 2.